The molecule has 1 nitrogen and oxygen atoms in total. The van der Waals surface area contributed by atoms with E-state index in [1.165, 1.54) is 0 Å². The van der Waals surface area contributed by atoms with Gasteiger partial charge in [-0.05, 0) is 19.9 Å². The van der Waals surface area contributed by atoms with E-state index in [2.05, 4.69) is 0 Å². The van der Waals surface area contributed by atoms with Crippen molar-refractivity contribution in [2.75, 3.05) is 0 Å². The molecular weight excluding hydrogens is 112 g/mol. The first-order chi connectivity index (χ1) is 3.18. The summed E-state index contributed by atoms with van der Waals surface area (Å²) in [6.07, 6.45) is 1.58. The normalized spacial score (nSPS) is 16.7. The lowest BCUT2D eigenvalue weighted by Gasteiger charge is -1.96. The second-order valence-corrected chi connectivity index (χ2v) is 1.98. The van der Waals surface area contributed by atoms with Crippen molar-refractivity contribution in [1.82, 2.24) is 0 Å². The summed E-state index contributed by atoms with van der Waals surface area (Å²) >= 11 is 5.41. The van der Waals surface area contributed by atoms with Gasteiger partial charge in [0.25, 0.3) is 0 Å². The van der Waals surface area contributed by atoms with Crippen LogP contribution in [0.1, 0.15) is 13.8 Å². The Morgan fingerprint density at radius 3 is 2.29 bits per heavy atom. The van der Waals surface area contributed by atoms with Gasteiger partial charge in [-0.25, -0.2) is 0 Å². The molecule has 0 bridgehead atoms. The number of alkyl halides is 1. The van der Waals surface area contributed by atoms with Crippen LogP contribution in [0.5, 0.6) is 0 Å². The predicted molar refractivity (Wildman–Crippen MR) is 31.7 cm³/mol. The highest BCUT2D eigenvalue weighted by atomic mass is 35.5. The highest BCUT2D eigenvalue weighted by molar-refractivity contribution is 6.21. The van der Waals surface area contributed by atoms with E-state index in [0.717, 1.165) is 0 Å². The molecule has 1 N–H and O–H groups in total. The molecule has 0 amide bonds. The minimum absolute atomic E-state index is 0.238. The van der Waals surface area contributed by atoms with Gasteiger partial charge in [0.05, 0.1) is 5.38 Å². The molecule has 0 aromatic heterocycles. The Morgan fingerprint density at radius 2 is 2.29 bits per heavy atom. The van der Waals surface area contributed by atoms with Crippen molar-refractivity contribution in [3.63, 3.8) is 0 Å². The second kappa shape index (κ2) is 2.92. The average Bonchev–Trinajstić information content (AvgIpc) is 1.65. The zero-order valence-electron chi connectivity index (χ0n) is 4.48. The summed E-state index contributed by atoms with van der Waals surface area (Å²) in [5.74, 6) is 0.238. The number of hydrogen-bond acceptors (Lipinski definition) is 1. The molecule has 0 heterocycles. The first kappa shape index (κ1) is 6.83. The first-order valence-electron chi connectivity index (χ1n) is 2.17. The van der Waals surface area contributed by atoms with E-state index in [1.807, 2.05) is 0 Å². The summed E-state index contributed by atoms with van der Waals surface area (Å²) in [7, 11) is 0. The number of aliphatic hydroxyl groups excluding tert-OH is 1. The molecule has 42 valence electrons. The first-order valence-corrected chi connectivity index (χ1v) is 2.61. The van der Waals surface area contributed by atoms with Gasteiger partial charge >= 0.3 is 0 Å². The molecule has 2 heteroatoms. The maximum Gasteiger partial charge on any atom is 0.106 e. The largest absolute Gasteiger partial charge is 0.511 e. The lowest BCUT2D eigenvalue weighted by molar-refractivity contribution is 0.396. The maximum atomic E-state index is 8.66. The Kier molecular flexibility index (Phi) is 2.84. The number of aliphatic hydroxyl groups is 1. The van der Waals surface area contributed by atoms with Crippen LogP contribution in [0.2, 0.25) is 0 Å². The Morgan fingerprint density at radius 1 is 1.86 bits per heavy atom. The second-order valence-electron chi connectivity index (χ2n) is 1.33. The number of rotatable bonds is 1. The quantitative estimate of drug-likeness (QED) is 0.415. The van der Waals surface area contributed by atoms with Crippen LogP contribution in [0.4, 0.5) is 0 Å². The van der Waals surface area contributed by atoms with E-state index in [1.54, 1.807) is 19.9 Å². The maximum absolute atomic E-state index is 8.66. The average molecular weight is 121 g/mol. The topological polar surface area (TPSA) is 20.2 Å². The van der Waals surface area contributed by atoms with Crippen LogP contribution in [0.3, 0.4) is 0 Å². The van der Waals surface area contributed by atoms with Crippen LogP contribution in [-0.2, 0) is 0 Å². The van der Waals surface area contributed by atoms with Gasteiger partial charge in [-0.15, -0.1) is 11.6 Å². The highest BCUT2D eigenvalue weighted by Gasteiger charge is 1.96. The van der Waals surface area contributed by atoms with Gasteiger partial charge in [-0.1, -0.05) is 0 Å². The Balaban J connectivity index is 3.56. The molecule has 0 aliphatic carbocycles. The molecule has 0 rings (SSSR count). The van der Waals surface area contributed by atoms with Gasteiger partial charge < -0.3 is 5.11 Å². The highest BCUT2D eigenvalue weighted by Crippen LogP contribution is 2.02. The summed E-state index contributed by atoms with van der Waals surface area (Å²) < 4.78 is 0. The van der Waals surface area contributed by atoms with Gasteiger partial charge in [0.2, 0.25) is 0 Å². The summed E-state index contributed by atoms with van der Waals surface area (Å²) in [5.41, 5.74) is 0. The lowest BCUT2D eigenvalue weighted by Crippen LogP contribution is -1.93. The van der Waals surface area contributed by atoms with E-state index < -0.39 is 0 Å². The molecule has 0 aliphatic rings. The number of hydrogen-bond donors (Lipinski definition) is 1. The third-order valence-electron chi connectivity index (χ3n) is 0.703. The Hall–Kier alpha value is -0.170. The molecular formula is C5H9ClO. The van der Waals surface area contributed by atoms with Gasteiger partial charge in [0.15, 0.2) is 0 Å². The molecule has 1 atom stereocenters. The van der Waals surface area contributed by atoms with Crippen molar-refractivity contribution < 1.29 is 5.11 Å². The van der Waals surface area contributed by atoms with Crippen molar-refractivity contribution in [2.24, 2.45) is 0 Å². The summed E-state index contributed by atoms with van der Waals surface area (Å²) in [6, 6.07) is 0. The van der Waals surface area contributed by atoms with Crippen LogP contribution < -0.4 is 0 Å². The summed E-state index contributed by atoms with van der Waals surface area (Å²) in [5, 5.41) is 8.42. The van der Waals surface area contributed by atoms with E-state index in [9.17, 15) is 0 Å². The van der Waals surface area contributed by atoms with Crippen LogP contribution in [0.15, 0.2) is 11.8 Å². The molecule has 7 heavy (non-hydrogen) atoms. The minimum atomic E-state index is -0.245. The summed E-state index contributed by atoms with van der Waals surface area (Å²) in [6.45, 7) is 3.46. The van der Waals surface area contributed by atoms with Gasteiger partial charge in [0, 0.05) is 0 Å². The monoisotopic (exact) mass is 120 g/mol. The van der Waals surface area contributed by atoms with Crippen molar-refractivity contribution >= 4 is 11.6 Å². The molecule has 0 aliphatic heterocycles. The van der Waals surface area contributed by atoms with E-state index in [0.29, 0.717) is 0 Å². The molecule has 0 saturated heterocycles. The predicted octanol–water partition coefficient (Wildman–Crippen LogP) is 2.08. The lowest BCUT2D eigenvalue weighted by atomic mass is 10.4. The molecule has 0 saturated carbocycles. The van der Waals surface area contributed by atoms with Crippen LogP contribution >= 0.6 is 11.6 Å². The van der Waals surface area contributed by atoms with E-state index in [4.69, 9.17) is 16.7 Å². The Labute approximate surface area is 48.6 Å². The SMILES string of the molecule is CC=C(O)C(C)Cl. The van der Waals surface area contributed by atoms with Crippen molar-refractivity contribution in [1.29, 1.82) is 0 Å². The van der Waals surface area contributed by atoms with E-state index >= 15 is 0 Å². The molecule has 1 unspecified atom stereocenters. The van der Waals surface area contributed by atoms with E-state index in [-0.39, 0.29) is 11.1 Å². The minimum Gasteiger partial charge on any atom is -0.511 e. The van der Waals surface area contributed by atoms with Crippen LogP contribution in [-0.4, -0.2) is 10.5 Å². The fourth-order valence-electron chi connectivity index (χ4n) is 0.230. The zero-order chi connectivity index (χ0) is 5.86. The molecule has 0 spiro atoms. The van der Waals surface area contributed by atoms with Crippen molar-refractivity contribution in [3.8, 4) is 0 Å². The number of halogens is 1. The molecule has 0 fully saturated rings. The Bertz CT molecular complexity index is 76.1. The third kappa shape index (κ3) is 2.52. The molecule has 0 aromatic carbocycles. The fourth-order valence-corrected chi connectivity index (χ4v) is 0.356. The molecule has 0 radical (unpaired) electrons. The smallest absolute Gasteiger partial charge is 0.106 e. The van der Waals surface area contributed by atoms with Crippen LogP contribution in [0, 0.1) is 0 Å². The van der Waals surface area contributed by atoms with Crippen molar-refractivity contribution in [2.45, 2.75) is 19.2 Å². The number of allylic oxidation sites excluding steroid dienone is 2. The zero-order valence-corrected chi connectivity index (χ0v) is 5.24. The van der Waals surface area contributed by atoms with Crippen molar-refractivity contribution in [3.05, 3.63) is 11.8 Å². The fraction of sp³-hybridized carbons (Fsp3) is 0.600. The van der Waals surface area contributed by atoms with Gasteiger partial charge in [-0.2, -0.15) is 0 Å². The third-order valence-corrected chi connectivity index (χ3v) is 0.927. The standard InChI is InChI=1S/C5H9ClO/c1-3-5(7)4(2)6/h3-4,7H,1-2H3. The van der Waals surface area contributed by atoms with Gasteiger partial charge in [-0.3, -0.25) is 0 Å². The van der Waals surface area contributed by atoms with Crippen LogP contribution in [0.25, 0.3) is 0 Å². The molecule has 0 aromatic rings. The summed E-state index contributed by atoms with van der Waals surface area (Å²) in [4.78, 5) is 0. The van der Waals surface area contributed by atoms with Gasteiger partial charge in [0.1, 0.15) is 5.76 Å².